The normalized spacial score (nSPS) is 10.0. The first-order valence-corrected chi connectivity index (χ1v) is 4.90. The molecule has 0 spiro atoms. The summed E-state index contributed by atoms with van der Waals surface area (Å²) < 4.78 is 0. The van der Waals surface area contributed by atoms with E-state index >= 15 is 0 Å². The molecule has 0 saturated carbocycles. The van der Waals surface area contributed by atoms with Gasteiger partial charge in [-0.15, -0.1) is 11.8 Å². The first-order valence-electron chi connectivity index (χ1n) is 2.92. The Hall–Kier alpha value is -0.230. The number of nitrogens with zero attached hydrogens (tertiary/aromatic N) is 2. The molecule has 0 saturated heterocycles. The predicted molar refractivity (Wildman–Crippen MR) is 51.6 cm³/mol. The van der Waals surface area contributed by atoms with Crippen molar-refractivity contribution in [3.63, 3.8) is 0 Å². The maximum Gasteiger partial charge on any atom is 0.225 e. The summed E-state index contributed by atoms with van der Waals surface area (Å²) in [5.74, 6) is 5.63. The molecule has 0 unspecified atom stereocenters. The topological polar surface area (TPSA) is 63.8 Å². The summed E-state index contributed by atoms with van der Waals surface area (Å²) in [5.41, 5.74) is 2.39. The molecule has 3 N–H and O–H groups in total. The minimum absolute atomic E-state index is 0.0748. The molecule has 12 heavy (non-hydrogen) atoms. The molecular formula is C5H6Cl2N4S. The van der Waals surface area contributed by atoms with Crippen molar-refractivity contribution in [3.8, 4) is 0 Å². The SMILES string of the molecule is CSc1c(Cl)nc(Cl)nc1NN. The van der Waals surface area contributed by atoms with Crippen molar-refractivity contribution in [2.24, 2.45) is 5.84 Å². The van der Waals surface area contributed by atoms with Crippen LogP contribution in [-0.4, -0.2) is 16.2 Å². The van der Waals surface area contributed by atoms with Crippen LogP contribution >= 0.6 is 35.0 Å². The molecule has 4 nitrogen and oxygen atoms in total. The van der Waals surface area contributed by atoms with Gasteiger partial charge in [0.2, 0.25) is 5.28 Å². The van der Waals surface area contributed by atoms with E-state index in [0.717, 1.165) is 0 Å². The van der Waals surface area contributed by atoms with E-state index in [4.69, 9.17) is 29.0 Å². The van der Waals surface area contributed by atoms with Crippen molar-refractivity contribution in [1.82, 2.24) is 9.97 Å². The number of nitrogens with one attached hydrogen (secondary N) is 1. The molecule has 0 aliphatic carbocycles. The average molecular weight is 225 g/mol. The zero-order valence-electron chi connectivity index (χ0n) is 6.14. The molecule has 0 atom stereocenters. The van der Waals surface area contributed by atoms with Crippen LogP contribution in [0.5, 0.6) is 0 Å². The van der Waals surface area contributed by atoms with Gasteiger partial charge in [0.15, 0.2) is 5.82 Å². The number of nitrogen functional groups attached to an aromatic ring is 1. The Labute approximate surface area is 83.8 Å². The molecular weight excluding hydrogens is 219 g/mol. The number of hydrazine groups is 1. The Morgan fingerprint density at radius 2 is 2.08 bits per heavy atom. The van der Waals surface area contributed by atoms with Gasteiger partial charge in [0, 0.05) is 0 Å². The van der Waals surface area contributed by atoms with Crippen LogP contribution < -0.4 is 11.3 Å². The maximum absolute atomic E-state index is 5.76. The van der Waals surface area contributed by atoms with E-state index in [2.05, 4.69) is 15.4 Å². The van der Waals surface area contributed by atoms with Crippen molar-refractivity contribution in [1.29, 1.82) is 0 Å². The number of rotatable bonds is 2. The minimum atomic E-state index is 0.0748. The monoisotopic (exact) mass is 224 g/mol. The highest BCUT2D eigenvalue weighted by Gasteiger charge is 2.09. The number of thioether (sulfide) groups is 1. The van der Waals surface area contributed by atoms with Gasteiger partial charge in [-0.1, -0.05) is 11.6 Å². The van der Waals surface area contributed by atoms with Gasteiger partial charge in [0.1, 0.15) is 5.15 Å². The molecule has 1 aromatic rings. The summed E-state index contributed by atoms with van der Waals surface area (Å²) in [4.78, 5) is 8.28. The second-order valence-corrected chi connectivity index (χ2v) is 3.32. The molecule has 1 rings (SSSR count). The van der Waals surface area contributed by atoms with Crippen molar-refractivity contribution in [3.05, 3.63) is 10.4 Å². The van der Waals surface area contributed by atoms with Crippen LogP contribution in [-0.2, 0) is 0 Å². The predicted octanol–water partition coefficient (Wildman–Crippen LogP) is 1.79. The van der Waals surface area contributed by atoms with E-state index in [0.29, 0.717) is 15.9 Å². The zero-order chi connectivity index (χ0) is 9.14. The van der Waals surface area contributed by atoms with Gasteiger partial charge in [-0.3, -0.25) is 0 Å². The summed E-state index contributed by atoms with van der Waals surface area (Å²) in [6.07, 6.45) is 1.85. The molecule has 7 heteroatoms. The maximum atomic E-state index is 5.76. The lowest BCUT2D eigenvalue weighted by Crippen LogP contribution is -2.10. The second-order valence-electron chi connectivity index (χ2n) is 1.81. The van der Waals surface area contributed by atoms with Gasteiger partial charge in [-0.25, -0.2) is 10.8 Å². The lowest BCUT2D eigenvalue weighted by atomic mass is 10.6. The first-order chi connectivity index (χ1) is 5.69. The van der Waals surface area contributed by atoms with Crippen molar-refractivity contribution >= 4 is 40.8 Å². The number of hydrogen-bond donors (Lipinski definition) is 2. The van der Waals surface area contributed by atoms with Crippen molar-refractivity contribution < 1.29 is 0 Å². The third-order valence-corrected chi connectivity index (χ3v) is 2.49. The van der Waals surface area contributed by atoms with Crippen LogP contribution in [0.1, 0.15) is 0 Å². The highest BCUT2D eigenvalue weighted by molar-refractivity contribution is 7.98. The summed E-state index contributed by atoms with van der Waals surface area (Å²) in [6.45, 7) is 0. The molecule has 0 aliphatic rings. The van der Waals surface area contributed by atoms with E-state index in [1.807, 2.05) is 6.26 Å². The quantitative estimate of drug-likeness (QED) is 0.264. The van der Waals surface area contributed by atoms with Gasteiger partial charge in [0.25, 0.3) is 0 Å². The number of anilines is 1. The van der Waals surface area contributed by atoms with Gasteiger partial charge < -0.3 is 5.43 Å². The highest BCUT2D eigenvalue weighted by atomic mass is 35.5. The largest absolute Gasteiger partial charge is 0.307 e. The summed E-state index contributed by atoms with van der Waals surface area (Å²) >= 11 is 12.7. The molecule has 66 valence electrons. The van der Waals surface area contributed by atoms with E-state index in [-0.39, 0.29) is 5.28 Å². The van der Waals surface area contributed by atoms with Crippen molar-refractivity contribution in [2.75, 3.05) is 11.7 Å². The Balaban J connectivity index is 3.24. The van der Waals surface area contributed by atoms with E-state index in [1.54, 1.807) is 0 Å². The van der Waals surface area contributed by atoms with Crippen LogP contribution in [0.3, 0.4) is 0 Å². The van der Waals surface area contributed by atoms with Gasteiger partial charge in [-0.2, -0.15) is 4.98 Å². The molecule has 0 radical (unpaired) electrons. The zero-order valence-corrected chi connectivity index (χ0v) is 8.46. The van der Waals surface area contributed by atoms with Crippen LogP contribution in [0.15, 0.2) is 4.90 Å². The number of aromatic nitrogens is 2. The van der Waals surface area contributed by atoms with Crippen LogP contribution in [0, 0.1) is 0 Å². The van der Waals surface area contributed by atoms with E-state index < -0.39 is 0 Å². The molecule has 1 heterocycles. The summed E-state index contributed by atoms with van der Waals surface area (Å²) in [6, 6.07) is 0. The Kier molecular flexibility index (Phi) is 3.39. The number of hydrogen-bond acceptors (Lipinski definition) is 5. The van der Waals surface area contributed by atoms with Crippen LogP contribution in [0.2, 0.25) is 10.4 Å². The Morgan fingerprint density at radius 3 is 2.58 bits per heavy atom. The molecule has 1 aromatic heterocycles. The van der Waals surface area contributed by atoms with Gasteiger partial charge in [0.05, 0.1) is 4.90 Å². The Bertz CT molecular complexity index is 293. The molecule has 0 aromatic carbocycles. The number of halogens is 2. The highest BCUT2D eigenvalue weighted by Crippen LogP contribution is 2.30. The fourth-order valence-electron chi connectivity index (χ4n) is 0.676. The number of nitrogens with two attached hydrogens (primary N) is 1. The third kappa shape index (κ3) is 1.92. The lowest BCUT2D eigenvalue weighted by molar-refractivity contribution is 1.08. The van der Waals surface area contributed by atoms with E-state index in [9.17, 15) is 0 Å². The van der Waals surface area contributed by atoms with Crippen molar-refractivity contribution in [2.45, 2.75) is 4.90 Å². The molecule has 0 bridgehead atoms. The minimum Gasteiger partial charge on any atom is -0.307 e. The second kappa shape index (κ2) is 4.13. The molecule has 0 fully saturated rings. The lowest BCUT2D eigenvalue weighted by Gasteiger charge is -2.05. The fraction of sp³-hybridized carbons (Fsp3) is 0.200. The third-order valence-electron chi connectivity index (χ3n) is 1.14. The summed E-state index contributed by atoms with van der Waals surface area (Å²) in [5, 5.41) is 0.376. The molecule has 0 aliphatic heterocycles. The summed E-state index contributed by atoms with van der Waals surface area (Å²) in [7, 11) is 0. The van der Waals surface area contributed by atoms with E-state index in [1.165, 1.54) is 11.8 Å². The Morgan fingerprint density at radius 1 is 1.42 bits per heavy atom. The molecule has 0 amide bonds. The first kappa shape index (κ1) is 9.85. The standard InChI is InChI=1S/C5H6Cl2N4S/c1-12-2-3(6)9-5(7)10-4(2)11-8/h8H2,1H3,(H,9,10,11). The average Bonchev–Trinajstić information content (AvgIpc) is 2.03. The smallest absolute Gasteiger partial charge is 0.225 e. The van der Waals surface area contributed by atoms with Crippen LogP contribution in [0.25, 0.3) is 0 Å². The van der Waals surface area contributed by atoms with Gasteiger partial charge in [-0.05, 0) is 17.9 Å². The van der Waals surface area contributed by atoms with Crippen LogP contribution in [0.4, 0.5) is 5.82 Å². The van der Waals surface area contributed by atoms with Gasteiger partial charge >= 0.3 is 0 Å². The fourth-order valence-corrected chi connectivity index (χ4v) is 1.80.